The first-order valence-corrected chi connectivity index (χ1v) is 9.86. The molecule has 0 N–H and O–H groups in total. The van der Waals surface area contributed by atoms with Gasteiger partial charge in [-0.15, -0.1) is 0 Å². The lowest BCUT2D eigenvalue weighted by molar-refractivity contribution is -0.147. The van der Waals surface area contributed by atoms with Crippen LogP contribution in [0, 0.1) is 0 Å². The van der Waals surface area contributed by atoms with Crippen LogP contribution in [0.1, 0.15) is 63.2 Å². The van der Waals surface area contributed by atoms with E-state index in [1.807, 2.05) is 54.8 Å². The number of hydrogen-bond acceptors (Lipinski definition) is 3. The third kappa shape index (κ3) is 3.19. The fourth-order valence-electron chi connectivity index (χ4n) is 4.29. The highest BCUT2D eigenvalue weighted by molar-refractivity contribution is 6.01. The predicted molar refractivity (Wildman–Crippen MR) is 101 cm³/mol. The van der Waals surface area contributed by atoms with Crippen LogP contribution >= 0.6 is 0 Å². The predicted octanol–water partition coefficient (Wildman–Crippen LogP) is 3.48. The molecule has 0 aromatic heterocycles. The second-order valence-corrected chi connectivity index (χ2v) is 7.63. The molecule has 0 saturated carbocycles. The molecule has 0 bridgehead atoms. The molecule has 2 amide bonds. The lowest BCUT2D eigenvalue weighted by atomic mass is 9.84. The first-order valence-electron chi connectivity index (χ1n) is 9.86. The average Bonchev–Trinajstić information content (AvgIpc) is 3.06. The molecule has 1 unspecified atom stereocenters. The van der Waals surface area contributed by atoms with E-state index in [1.165, 1.54) is 0 Å². The van der Waals surface area contributed by atoms with E-state index in [0.29, 0.717) is 24.5 Å². The summed E-state index contributed by atoms with van der Waals surface area (Å²) in [6, 6.07) is 7.56. The number of ether oxygens (including phenoxy) is 1. The number of benzene rings is 1. The number of carbonyl (C=O) groups is 2. The number of carbonyl (C=O) groups excluding carboxylic acids is 2. The van der Waals surface area contributed by atoms with Gasteiger partial charge in [-0.1, -0.05) is 19.1 Å². The Bertz CT molecular complexity index is 673. The molecule has 2 saturated heterocycles. The van der Waals surface area contributed by atoms with Crippen LogP contribution < -0.4 is 4.74 Å². The highest BCUT2D eigenvalue weighted by Crippen LogP contribution is 2.40. The summed E-state index contributed by atoms with van der Waals surface area (Å²) in [6.45, 7) is 8.14. The largest absolute Gasteiger partial charge is 0.493 e. The molecule has 2 aliphatic heterocycles. The van der Waals surface area contributed by atoms with Crippen LogP contribution in [0.25, 0.3) is 0 Å². The minimum atomic E-state index is -0.669. The highest BCUT2D eigenvalue weighted by atomic mass is 16.5. The van der Waals surface area contributed by atoms with Crippen molar-refractivity contribution in [2.75, 3.05) is 19.7 Å². The number of hydrogen-bond donors (Lipinski definition) is 0. The maximum atomic E-state index is 13.4. The normalized spacial score (nSPS) is 23.2. The zero-order chi connectivity index (χ0) is 18.7. The summed E-state index contributed by atoms with van der Waals surface area (Å²) >= 11 is 0. The second-order valence-electron chi connectivity index (χ2n) is 7.63. The van der Waals surface area contributed by atoms with Gasteiger partial charge in [-0.25, -0.2) is 0 Å². The monoisotopic (exact) mass is 358 g/mol. The van der Waals surface area contributed by atoms with Crippen molar-refractivity contribution < 1.29 is 14.3 Å². The van der Waals surface area contributed by atoms with Crippen molar-refractivity contribution in [1.82, 2.24) is 9.80 Å². The SMILES string of the molecule is CCCOc1ccccc1C(=O)N1CCCC12CCCN(C(C)C)C2=O. The molecule has 3 rings (SSSR count). The highest BCUT2D eigenvalue weighted by Gasteiger charge is 2.53. The quantitative estimate of drug-likeness (QED) is 0.810. The molecular formula is C21H30N2O3. The van der Waals surface area contributed by atoms with Crippen molar-refractivity contribution in [1.29, 1.82) is 0 Å². The smallest absolute Gasteiger partial charge is 0.258 e. The summed E-state index contributed by atoms with van der Waals surface area (Å²) in [5, 5.41) is 0. The van der Waals surface area contributed by atoms with E-state index in [4.69, 9.17) is 4.74 Å². The van der Waals surface area contributed by atoms with Crippen molar-refractivity contribution in [3.05, 3.63) is 29.8 Å². The maximum Gasteiger partial charge on any atom is 0.258 e. The van der Waals surface area contributed by atoms with Gasteiger partial charge in [-0.3, -0.25) is 9.59 Å². The maximum absolute atomic E-state index is 13.4. The summed E-state index contributed by atoms with van der Waals surface area (Å²) < 4.78 is 5.79. The topological polar surface area (TPSA) is 49.9 Å². The lowest BCUT2D eigenvalue weighted by Crippen LogP contribution is -2.62. The Morgan fingerprint density at radius 3 is 2.58 bits per heavy atom. The van der Waals surface area contributed by atoms with Gasteiger partial charge in [0, 0.05) is 19.1 Å². The van der Waals surface area contributed by atoms with Gasteiger partial charge < -0.3 is 14.5 Å². The summed E-state index contributed by atoms with van der Waals surface area (Å²) in [4.78, 5) is 30.5. The van der Waals surface area contributed by atoms with E-state index in [1.54, 1.807) is 0 Å². The Morgan fingerprint density at radius 1 is 1.19 bits per heavy atom. The fourth-order valence-corrected chi connectivity index (χ4v) is 4.29. The van der Waals surface area contributed by atoms with Gasteiger partial charge in [-0.05, 0) is 58.1 Å². The van der Waals surface area contributed by atoms with E-state index in [9.17, 15) is 9.59 Å². The summed E-state index contributed by atoms with van der Waals surface area (Å²) in [7, 11) is 0. The van der Waals surface area contributed by atoms with Crippen LogP contribution in [0.3, 0.4) is 0 Å². The summed E-state index contributed by atoms with van der Waals surface area (Å²) in [5.74, 6) is 0.662. The number of rotatable bonds is 5. The summed E-state index contributed by atoms with van der Waals surface area (Å²) in [6.07, 6.45) is 4.23. The second kappa shape index (κ2) is 7.68. The van der Waals surface area contributed by atoms with E-state index in [0.717, 1.165) is 38.6 Å². The first-order chi connectivity index (χ1) is 12.5. The minimum Gasteiger partial charge on any atom is -0.493 e. The molecular weight excluding hydrogens is 328 g/mol. The Labute approximate surface area is 156 Å². The van der Waals surface area contributed by atoms with Crippen molar-refractivity contribution in [2.24, 2.45) is 0 Å². The average molecular weight is 358 g/mol. The zero-order valence-electron chi connectivity index (χ0n) is 16.2. The van der Waals surface area contributed by atoms with Gasteiger partial charge in [0.1, 0.15) is 11.3 Å². The molecule has 2 aliphatic rings. The molecule has 0 aliphatic carbocycles. The van der Waals surface area contributed by atoms with Crippen LogP contribution in [-0.4, -0.2) is 52.9 Å². The Hall–Kier alpha value is -2.04. The van der Waals surface area contributed by atoms with Crippen molar-refractivity contribution >= 4 is 11.8 Å². The van der Waals surface area contributed by atoms with E-state index < -0.39 is 5.54 Å². The Kier molecular flexibility index (Phi) is 5.54. The number of piperidine rings is 1. The van der Waals surface area contributed by atoms with Crippen LogP contribution in [0.4, 0.5) is 0 Å². The van der Waals surface area contributed by atoms with Crippen molar-refractivity contribution in [3.8, 4) is 5.75 Å². The molecule has 142 valence electrons. The third-order valence-corrected chi connectivity index (χ3v) is 5.58. The number of nitrogens with zero attached hydrogens (tertiary/aromatic N) is 2. The molecule has 1 atom stereocenters. The summed E-state index contributed by atoms with van der Waals surface area (Å²) in [5.41, 5.74) is -0.103. The number of amides is 2. The molecule has 2 fully saturated rings. The molecule has 0 radical (unpaired) electrons. The van der Waals surface area contributed by atoms with Gasteiger partial charge in [-0.2, -0.15) is 0 Å². The van der Waals surface area contributed by atoms with E-state index in [-0.39, 0.29) is 17.9 Å². The first kappa shape index (κ1) is 18.7. The van der Waals surface area contributed by atoms with Gasteiger partial charge in [0.15, 0.2) is 0 Å². The molecule has 2 heterocycles. The van der Waals surface area contributed by atoms with Crippen molar-refractivity contribution in [2.45, 2.75) is 64.5 Å². The van der Waals surface area contributed by atoms with Gasteiger partial charge >= 0.3 is 0 Å². The minimum absolute atomic E-state index is 0.0758. The van der Waals surface area contributed by atoms with Crippen LogP contribution in [0.2, 0.25) is 0 Å². The van der Waals surface area contributed by atoms with Gasteiger partial charge in [0.25, 0.3) is 5.91 Å². The Balaban J connectivity index is 1.91. The zero-order valence-corrected chi connectivity index (χ0v) is 16.2. The van der Waals surface area contributed by atoms with Crippen LogP contribution in [0.5, 0.6) is 5.75 Å². The standard InChI is InChI=1S/C21H30N2O3/c1-4-15-26-18-10-6-5-9-17(18)19(24)23-14-8-12-21(23)11-7-13-22(16(2)3)20(21)25/h5-6,9-10,16H,4,7-8,11-15H2,1-3H3. The molecule has 26 heavy (non-hydrogen) atoms. The lowest BCUT2D eigenvalue weighted by Gasteiger charge is -2.46. The molecule has 1 aromatic carbocycles. The number of likely N-dealkylation sites (tertiary alicyclic amines) is 2. The fraction of sp³-hybridized carbons (Fsp3) is 0.619. The van der Waals surface area contributed by atoms with Gasteiger partial charge in [0.05, 0.1) is 12.2 Å². The number of para-hydroxylation sites is 1. The molecule has 5 nitrogen and oxygen atoms in total. The molecule has 5 heteroatoms. The van der Waals surface area contributed by atoms with Crippen LogP contribution in [-0.2, 0) is 4.79 Å². The Morgan fingerprint density at radius 2 is 1.88 bits per heavy atom. The molecule has 1 aromatic rings. The van der Waals surface area contributed by atoms with Crippen LogP contribution in [0.15, 0.2) is 24.3 Å². The van der Waals surface area contributed by atoms with E-state index >= 15 is 0 Å². The van der Waals surface area contributed by atoms with Crippen molar-refractivity contribution in [3.63, 3.8) is 0 Å². The van der Waals surface area contributed by atoms with E-state index in [2.05, 4.69) is 0 Å². The third-order valence-electron chi connectivity index (χ3n) is 5.58. The van der Waals surface area contributed by atoms with Gasteiger partial charge in [0.2, 0.25) is 5.91 Å². The molecule has 1 spiro atoms.